The quantitative estimate of drug-likeness (QED) is 0.311. The van der Waals surface area contributed by atoms with Crippen LogP contribution >= 0.6 is 46.1 Å². The van der Waals surface area contributed by atoms with Crippen LogP contribution in [-0.4, -0.2) is 39.3 Å². The highest BCUT2D eigenvalue weighted by atomic mass is 35.5. The van der Waals surface area contributed by atoms with Crippen molar-refractivity contribution in [2.45, 2.75) is 62.3 Å². The molecule has 3 fully saturated rings. The molecule has 8 heteroatoms. The van der Waals surface area contributed by atoms with Gasteiger partial charge in [0.25, 0.3) is 0 Å². The van der Waals surface area contributed by atoms with Crippen molar-refractivity contribution in [1.29, 1.82) is 0 Å². The van der Waals surface area contributed by atoms with Gasteiger partial charge in [0.05, 0.1) is 16.1 Å². The average Bonchev–Trinajstić information content (AvgIpc) is 3.42. The Kier molecular flexibility index (Phi) is 6.15. The first-order valence-electron chi connectivity index (χ1n) is 12.1. The highest BCUT2D eigenvalue weighted by Gasteiger charge is 2.76. The third-order valence-electron chi connectivity index (χ3n) is 9.65. The molecule has 4 aliphatic carbocycles. The van der Waals surface area contributed by atoms with Crippen LogP contribution in [0.1, 0.15) is 56.1 Å². The molecule has 188 valence electrons. The molecule has 0 radical (unpaired) electrons. The normalized spacial score (nSPS) is 44.2. The van der Waals surface area contributed by atoms with Crippen molar-refractivity contribution in [1.82, 2.24) is 0 Å². The second-order valence-electron chi connectivity index (χ2n) is 11.0. The van der Waals surface area contributed by atoms with Crippen molar-refractivity contribution in [2.75, 3.05) is 5.88 Å². The van der Waals surface area contributed by atoms with Crippen molar-refractivity contribution in [2.24, 2.45) is 28.6 Å². The van der Waals surface area contributed by atoms with Crippen LogP contribution in [0.3, 0.4) is 0 Å². The van der Waals surface area contributed by atoms with Gasteiger partial charge in [0, 0.05) is 16.7 Å². The second-order valence-corrected chi connectivity index (χ2v) is 13.4. The van der Waals surface area contributed by atoms with E-state index >= 15 is 0 Å². The molecule has 0 amide bonds. The summed E-state index contributed by atoms with van der Waals surface area (Å²) >= 11 is 22.3. The van der Waals surface area contributed by atoms with Crippen LogP contribution < -0.4 is 0 Å². The van der Waals surface area contributed by atoms with Gasteiger partial charge in [0.2, 0.25) is 0 Å². The Morgan fingerprint density at radius 2 is 2.00 bits per heavy atom. The van der Waals surface area contributed by atoms with E-state index in [1.807, 2.05) is 25.3 Å². The third-order valence-corrected chi connectivity index (χ3v) is 12.3. The molecular weight excluding hydrogens is 527 g/mol. The first-order valence-corrected chi connectivity index (χ1v) is 14.3. The lowest BCUT2D eigenvalue weighted by atomic mass is 9.46. The van der Waals surface area contributed by atoms with Crippen LogP contribution in [0.5, 0.6) is 0 Å². The Balaban J connectivity index is 1.61. The monoisotopic (exact) mass is 554 g/mol. The van der Waals surface area contributed by atoms with Gasteiger partial charge in [-0.3, -0.25) is 9.59 Å². The number of halogens is 3. The number of thiophene rings is 1. The third kappa shape index (κ3) is 3.20. The summed E-state index contributed by atoms with van der Waals surface area (Å²) in [6, 6.07) is 3.49. The minimum Gasteiger partial charge on any atom is -0.446 e. The number of hydrogen-bond donors (Lipinski definition) is 0. The molecule has 6 unspecified atom stereocenters. The standard InChI is InChI=1S/C27H29Cl3O4S/c1-15-11-19-18-7-6-16-12-17(31)8-9-24(16,2)26(18,30)21(29)13-25(19,3)27(15,22(32)14-28)34-23(33)20-5-4-10-35-20/h4-5,8-10,12,15,18-19,21H,6-7,11,13-14H2,1-3H3/t15?,18?,19?,21?,24?,25?,26-,27-/m0/s1. The fourth-order valence-electron chi connectivity index (χ4n) is 8.02. The van der Waals surface area contributed by atoms with E-state index in [-0.39, 0.29) is 35.2 Å². The minimum absolute atomic E-state index is 0.00212. The lowest BCUT2D eigenvalue weighted by Crippen LogP contribution is -2.68. The van der Waals surface area contributed by atoms with Crippen LogP contribution in [-0.2, 0) is 14.3 Å². The molecule has 1 aromatic rings. The van der Waals surface area contributed by atoms with Gasteiger partial charge in [-0.1, -0.05) is 38.5 Å². The number of esters is 1. The van der Waals surface area contributed by atoms with Gasteiger partial charge in [-0.05, 0) is 61.1 Å². The zero-order chi connectivity index (χ0) is 25.4. The molecule has 5 rings (SSSR count). The summed E-state index contributed by atoms with van der Waals surface area (Å²) in [5.74, 6) is -1.33. The molecule has 4 aliphatic rings. The molecule has 0 bridgehead atoms. The van der Waals surface area contributed by atoms with Crippen LogP contribution in [0, 0.1) is 28.6 Å². The Labute approximate surface area is 225 Å². The van der Waals surface area contributed by atoms with E-state index in [0.29, 0.717) is 17.7 Å². The zero-order valence-corrected chi connectivity index (χ0v) is 23.1. The summed E-state index contributed by atoms with van der Waals surface area (Å²) in [6.45, 7) is 6.09. The maximum atomic E-state index is 13.6. The number of allylic oxidation sites excluding steroid dienone is 4. The largest absolute Gasteiger partial charge is 0.446 e. The Morgan fingerprint density at radius 3 is 2.66 bits per heavy atom. The molecule has 4 nitrogen and oxygen atoms in total. The predicted octanol–water partition coefficient (Wildman–Crippen LogP) is 6.58. The molecule has 0 aliphatic heterocycles. The zero-order valence-electron chi connectivity index (χ0n) is 20.0. The average molecular weight is 556 g/mol. The van der Waals surface area contributed by atoms with Crippen molar-refractivity contribution >= 4 is 63.7 Å². The summed E-state index contributed by atoms with van der Waals surface area (Å²) in [7, 11) is 0. The van der Waals surface area contributed by atoms with E-state index in [0.717, 1.165) is 18.4 Å². The van der Waals surface area contributed by atoms with Gasteiger partial charge in [-0.2, -0.15) is 0 Å². The van der Waals surface area contributed by atoms with Crippen molar-refractivity contribution in [3.63, 3.8) is 0 Å². The Morgan fingerprint density at radius 1 is 1.26 bits per heavy atom. The summed E-state index contributed by atoms with van der Waals surface area (Å²) in [4.78, 5) is 38.6. The van der Waals surface area contributed by atoms with Gasteiger partial charge in [0.15, 0.2) is 17.2 Å². The number of hydrogen-bond acceptors (Lipinski definition) is 5. The molecule has 0 N–H and O–H groups in total. The second kappa shape index (κ2) is 8.44. The molecule has 0 aromatic carbocycles. The molecular formula is C27H29Cl3O4S. The van der Waals surface area contributed by atoms with E-state index in [1.165, 1.54) is 11.3 Å². The summed E-state index contributed by atoms with van der Waals surface area (Å²) in [5.41, 5.74) is -1.67. The number of rotatable bonds is 4. The summed E-state index contributed by atoms with van der Waals surface area (Å²) < 4.78 is 6.25. The number of carbonyl (C=O) groups excluding carboxylic acids is 3. The number of ketones is 2. The lowest BCUT2D eigenvalue weighted by Gasteiger charge is -2.64. The SMILES string of the molecule is CC1CC2C3CCC4=CC(=O)C=CC4(C)[C@@]3(Cl)C(Cl)CC2(C)[C@@]1(OC(=O)c1cccs1)C(=O)CCl. The molecule has 0 spiro atoms. The van der Waals surface area contributed by atoms with Gasteiger partial charge in [-0.15, -0.1) is 46.1 Å². The van der Waals surface area contributed by atoms with E-state index < -0.39 is 32.7 Å². The van der Waals surface area contributed by atoms with Crippen molar-refractivity contribution < 1.29 is 19.1 Å². The van der Waals surface area contributed by atoms with Gasteiger partial charge >= 0.3 is 5.97 Å². The van der Waals surface area contributed by atoms with E-state index in [9.17, 15) is 14.4 Å². The minimum atomic E-state index is -1.39. The van der Waals surface area contributed by atoms with Gasteiger partial charge in [-0.25, -0.2) is 4.79 Å². The first-order chi connectivity index (χ1) is 16.5. The maximum Gasteiger partial charge on any atom is 0.349 e. The molecule has 35 heavy (non-hydrogen) atoms. The summed E-state index contributed by atoms with van der Waals surface area (Å²) in [6.07, 6.45) is 7.79. The highest BCUT2D eigenvalue weighted by molar-refractivity contribution is 7.12. The highest BCUT2D eigenvalue weighted by Crippen LogP contribution is 2.73. The molecule has 8 atom stereocenters. The van der Waals surface area contributed by atoms with Gasteiger partial charge in [0.1, 0.15) is 4.88 Å². The number of Topliss-reactive ketones (excluding diaryl/α,β-unsaturated/α-hetero) is 1. The maximum absolute atomic E-state index is 13.6. The Hall–Kier alpha value is -1.14. The van der Waals surface area contributed by atoms with Crippen LogP contribution in [0.4, 0.5) is 0 Å². The summed E-state index contributed by atoms with van der Waals surface area (Å²) in [5, 5.41) is 1.29. The fraction of sp³-hybridized carbons (Fsp3) is 0.593. The number of carbonyl (C=O) groups is 3. The number of alkyl halides is 3. The van der Waals surface area contributed by atoms with Gasteiger partial charge < -0.3 is 4.74 Å². The first kappa shape index (κ1) is 25.5. The predicted molar refractivity (Wildman–Crippen MR) is 139 cm³/mol. The van der Waals surface area contributed by atoms with E-state index in [2.05, 4.69) is 6.92 Å². The lowest BCUT2D eigenvalue weighted by molar-refractivity contribution is -0.164. The number of fused-ring (bicyclic) bond motifs is 5. The van der Waals surface area contributed by atoms with E-state index in [4.69, 9.17) is 39.5 Å². The molecule has 1 heterocycles. The van der Waals surface area contributed by atoms with Crippen LogP contribution in [0.25, 0.3) is 0 Å². The smallest absolute Gasteiger partial charge is 0.349 e. The number of ether oxygens (including phenoxy) is 1. The van der Waals surface area contributed by atoms with Crippen LogP contribution in [0.15, 0.2) is 41.3 Å². The molecule has 1 aromatic heterocycles. The van der Waals surface area contributed by atoms with E-state index in [1.54, 1.807) is 24.3 Å². The molecule has 0 saturated heterocycles. The fourth-order valence-corrected chi connectivity index (χ4v) is 10.1. The van der Waals surface area contributed by atoms with Crippen molar-refractivity contribution in [3.8, 4) is 0 Å². The van der Waals surface area contributed by atoms with Crippen LogP contribution in [0.2, 0.25) is 0 Å². The topological polar surface area (TPSA) is 60.4 Å². The molecule has 3 saturated carbocycles. The van der Waals surface area contributed by atoms with Crippen molar-refractivity contribution in [3.05, 3.63) is 46.2 Å². The Bertz CT molecular complexity index is 1150.